The molecule has 1 N–H and O–H groups in total. The molecule has 2 aromatic heterocycles. The molecular weight excluding hydrogens is 320 g/mol. The molecule has 0 atom stereocenters. The Balaban J connectivity index is 2.13. The molecule has 0 aromatic carbocycles. The van der Waals surface area contributed by atoms with E-state index in [9.17, 15) is 4.79 Å². The number of hydrogen-bond donors (Lipinski definition) is 1. The third-order valence-corrected chi connectivity index (χ3v) is 3.54. The number of halogens is 1. The van der Waals surface area contributed by atoms with Gasteiger partial charge in [-0.15, -0.1) is 0 Å². The zero-order chi connectivity index (χ0) is 14.5. The molecule has 2 heterocycles. The summed E-state index contributed by atoms with van der Waals surface area (Å²) in [5.74, 6) is 0.0695. The second-order valence-corrected chi connectivity index (χ2v) is 5.47. The molecule has 2 rings (SSSR count). The Kier molecular flexibility index (Phi) is 4.89. The molecule has 6 heteroatoms. The van der Waals surface area contributed by atoms with Crippen LogP contribution in [-0.4, -0.2) is 36.5 Å². The number of hydrogen-bond acceptors (Lipinski definition) is 4. The summed E-state index contributed by atoms with van der Waals surface area (Å²) in [5.41, 5.74) is 2.76. The van der Waals surface area contributed by atoms with E-state index in [1.807, 2.05) is 19.2 Å². The summed E-state index contributed by atoms with van der Waals surface area (Å²) < 4.78 is 0.914. The van der Waals surface area contributed by atoms with Crippen LogP contribution < -0.4 is 10.2 Å². The van der Waals surface area contributed by atoms with E-state index >= 15 is 0 Å². The Morgan fingerprint density at radius 3 is 3.00 bits per heavy atom. The molecule has 2 aromatic rings. The van der Waals surface area contributed by atoms with Crippen LogP contribution in [0.4, 0.5) is 5.69 Å². The smallest absolute Gasteiger partial charge is 0.219 e. The molecule has 5 nitrogen and oxygen atoms in total. The minimum atomic E-state index is 0.0695. The van der Waals surface area contributed by atoms with E-state index in [-0.39, 0.29) is 5.91 Å². The highest BCUT2D eigenvalue weighted by atomic mass is 79.9. The minimum absolute atomic E-state index is 0.0695. The molecule has 0 fully saturated rings. The van der Waals surface area contributed by atoms with Crippen molar-refractivity contribution >= 4 is 38.6 Å². The second-order valence-electron chi connectivity index (χ2n) is 4.55. The van der Waals surface area contributed by atoms with Crippen LogP contribution >= 0.6 is 15.9 Å². The fourth-order valence-corrected chi connectivity index (χ4v) is 2.34. The van der Waals surface area contributed by atoms with Gasteiger partial charge in [0.1, 0.15) is 5.52 Å². The maximum absolute atomic E-state index is 11.2. The summed E-state index contributed by atoms with van der Waals surface area (Å²) in [7, 11) is 3.66. The normalized spacial score (nSPS) is 10.6. The van der Waals surface area contributed by atoms with E-state index in [1.165, 1.54) is 0 Å². The highest BCUT2D eigenvalue weighted by Crippen LogP contribution is 2.24. The largest absolute Gasteiger partial charge is 0.373 e. The van der Waals surface area contributed by atoms with Gasteiger partial charge in [-0.3, -0.25) is 14.8 Å². The molecule has 1 amide bonds. The van der Waals surface area contributed by atoms with Crippen LogP contribution in [0.25, 0.3) is 11.0 Å². The van der Waals surface area contributed by atoms with Gasteiger partial charge in [-0.2, -0.15) is 0 Å². The van der Waals surface area contributed by atoms with Crippen LogP contribution in [0.15, 0.2) is 29.0 Å². The molecule has 0 aliphatic carbocycles. The van der Waals surface area contributed by atoms with E-state index in [2.05, 4.69) is 36.1 Å². The number of fused-ring (bicyclic) bond motifs is 1. The van der Waals surface area contributed by atoms with Gasteiger partial charge >= 0.3 is 0 Å². The van der Waals surface area contributed by atoms with E-state index in [4.69, 9.17) is 0 Å². The Hall–Kier alpha value is -1.69. The molecule has 0 saturated heterocycles. The number of pyridine rings is 2. The van der Waals surface area contributed by atoms with Crippen molar-refractivity contribution < 1.29 is 4.79 Å². The quantitative estimate of drug-likeness (QED) is 0.910. The van der Waals surface area contributed by atoms with Crippen LogP contribution in [0.1, 0.15) is 12.8 Å². The van der Waals surface area contributed by atoms with Crippen LogP contribution in [0.3, 0.4) is 0 Å². The fraction of sp³-hybridized carbons (Fsp3) is 0.357. The number of carbonyl (C=O) groups is 1. The molecule has 0 aliphatic heterocycles. The Labute approximate surface area is 126 Å². The first-order valence-electron chi connectivity index (χ1n) is 6.44. The van der Waals surface area contributed by atoms with E-state index < -0.39 is 0 Å². The first-order chi connectivity index (χ1) is 9.61. The van der Waals surface area contributed by atoms with Gasteiger partial charge in [0, 0.05) is 43.9 Å². The van der Waals surface area contributed by atoms with Crippen molar-refractivity contribution in [2.24, 2.45) is 0 Å². The van der Waals surface area contributed by atoms with Crippen molar-refractivity contribution in [3.05, 3.63) is 29.0 Å². The highest BCUT2D eigenvalue weighted by Gasteiger charge is 2.09. The third kappa shape index (κ3) is 3.45. The SMILES string of the molecule is CNC(=O)CCCN(C)c1ccnc2cc(Br)cnc12. The van der Waals surface area contributed by atoms with Gasteiger partial charge in [0.15, 0.2) is 0 Å². The van der Waals surface area contributed by atoms with Gasteiger partial charge in [-0.25, -0.2) is 0 Å². The summed E-state index contributed by atoms with van der Waals surface area (Å²) >= 11 is 3.40. The van der Waals surface area contributed by atoms with E-state index in [1.54, 1.807) is 19.4 Å². The van der Waals surface area contributed by atoms with Gasteiger partial charge in [-0.1, -0.05) is 0 Å². The summed E-state index contributed by atoms with van der Waals surface area (Å²) in [5, 5.41) is 2.63. The molecule has 106 valence electrons. The maximum Gasteiger partial charge on any atom is 0.219 e. The number of anilines is 1. The zero-order valence-electron chi connectivity index (χ0n) is 11.6. The predicted molar refractivity (Wildman–Crippen MR) is 83.8 cm³/mol. The summed E-state index contributed by atoms with van der Waals surface area (Å²) in [6.07, 6.45) is 4.88. The lowest BCUT2D eigenvalue weighted by Gasteiger charge is -2.20. The number of carbonyl (C=O) groups excluding carboxylic acids is 1. The van der Waals surface area contributed by atoms with Crippen molar-refractivity contribution in [2.75, 3.05) is 25.5 Å². The first-order valence-corrected chi connectivity index (χ1v) is 7.23. The second kappa shape index (κ2) is 6.65. The highest BCUT2D eigenvalue weighted by molar-refractivity contribution is 9.10. The van der Waals surface area contributed by atoms with Crippen molar-refractivity contribution in [2.45, 2.75) is 12.8 Å². The van der Waals surface area contributed by atoms with Crippen molar-refractivity contribution in [3.63, 3.8) is 0 Å². The summed E-state index contributed by atoms with van der Waals surface area (Å²) in [6, 6.07) is 3.90. The van der Waals surface area contributed by atoms with Crippen LogP contribution in [-0.2, 0) is 4.79 Å². The van der Waals surface area contributed by atoms with E-state index in [0.29, 0.717) is 6.42 Å². The van der Waals surface area contributed by atoms with Crippen molar-refractivity contribution in [3.8, 4) is 0 Å². The van der Waals surface area contributed by atoms with Gasteiger partial charge in [0.2, 0.25) is 5.91 Å². The molecule has 0 spiro atoms. The number of amides is 1. The molecule has 0 unspecified atom stereocenters. The Morgan fingerprint density at radius 2 is 2.25 bits per heavy atom. The van der Waals surface area contributed by atoms with Crippen LogP contribution in [0.5, 0.6) is 0 Å². The van der Waals surface area contributed by atoms with Gasteiger partial charge in [-0.05, 0) is 34.5 Å². The van der Waals surface area contributed by atoms with Gasteiger partial charge in [0.25, 0.3) is 0 Å². The molecule has 0 aliphatic rings. The van der Waals surface area contributed by atoms with Gasteiger partial charge < -0.3 is 10.2 Å². The van der Waals surface area contributed by atoms with E-state index in [0.717, 1.165) is 34.2 Å². The molecular formula is C14H17BrN4O. The van der Waals surface area contributed by atoms with Crippen LogP contribution in [0, 0.1) is 0 Å². The molecule has 20 heavy (non-hydrogen) atoms. The van der Waals surface area contributed by atoms with Gasteiger partial charge in [0.05, 0.1) is 11.2 Å². The lowest BCUT2D eigenvalue weighted by molar-refractivity contribution is -0.120. The average Bonchev–Trinajstić information content (AvgIpc) is 2.45. The molecule has 0 saturated carbocycles. The number of rotatable bonds is 5. The topological polar surface area (TPSA) is 58.1 Å². The lowest BCUT2D eigenvalue weighted by Crippen LogP contribution is -2.23. The first kappa shape index (κ1) is 14.7. The third-order valence-electron chi connectivity index (χ3n) is 3.11. The molecule has 0 bridgehead atoms. The monoisotopic (exact) mass is 336 g/mol. The number of aromatic nitrogens is 2. The van der Waals surface area contributed by atoms with Crippen molar-refractivity contribution in [1.29, 1.82) is 0 Å². The summed E-state index contributed by atoms with van der Waals surface area (Å²) in [4.78, 5) is 22.1. The summed E-state index contributed by atoms with van der Waals surface area (Å²) in [6.45, 7) is 0.796. The van der Waals surface area contributed by atoms with Crippen molar-refractivity contribution in [1.82, 2.24) is 15.3 Å². The Bertz CT molecular complexity index is 617. The fourth-order valence-electron chi connectivity index (χ4n) is 2.02. The molecule has 0 radical (unpaired) electrons. The standard InChI is InChI=1S/C14H17BrN4O/c1-16-13(20)4-3-7-19(2)12-5-6-17-11-8-10(15)9-18-14(11)12/h5-6,8-9H,3-4,7H2,1-2H3,(H,16,20). The predicted octanol–water partition coefficient (Wildman–Crippen LogP) is 2.35. The number of nitrogens with one attached hydrogen (secondary N) is 1. The average molecular weight is 337 g/mol. The minimum Gasteiger partial charge on any atom is -0.373 e. The lowest BCUT2D eigenvalue weighted by atomic mass is 10.2. The number of nitrogens with zero attached hydrogens (tertiary/aromatic N) is 3. The maximum atomic E-state index is 11.2. The Morgan fingerprint density at radius 1 is 1.45 bits per heavy atom. The van der Waals surface area contributed by atoms with Crippen LogP contribution in [0.2, 0.25) is 0 Å². The zero-order valence-corrected chi connectivity index (χ0v) is 13.1.